The highest BCUT2D eigenvalue weighted by molar-refractivity contribution is 5.40. The Bertz CT molecular complexity index is 388. The largest absolute Gasteiger partial charge is 0.197 e. The Hall–Kier alpha value is -1.73. The highest BCUT2D eigenvalue weighted by Gasteiger charge is 2.19. The molecule has 0 fully saturated rings. The van der Waals surface area contributed by atoms with Crippen molar-refractivity contribution < 1.29 is 0 Å². The Morgan fingerprint density at radius 3 is 2.62 bits per heavy atom. The van der Waals surface area contributed by atoms with Crippen LogP contribution in [0.2, 0.25) is 0 Å². The molecule has 0 spiro atoms. The molecule has 0 aliphatic heterocycles. The van der Waals surface area contributed by atoms with Crippen molar-refractivity contribution in [3.8, 4) is 18.4 Å². The zero-order valence-corrected chi connectivity index (χ0v) is 7.83. The van der Waals surface area contributed by atoms with Crippen molar-refractivity contribution in [3.63, 3.8) is 0 Å². The minimum atomic E-state index is -0.465. The third kappa shape index (κ3) is 1.89. The molecule has 0 atom stereocenters. The van der Waals surface area contributed by atoms with Gasteiger partial charge in [0.05, 0.1) is 11.5 Å². The summed E-state index contributed by atoms with van der Waals surface area (Å²) >= 11 is 0. The normalized spacial score (nSPS) is 10.2. The quantitative estimate of drug-likeness (QED) is 0.592. The molecule has 0 bridgehead atoms. The van der Waals surface area contributed by atoms with Crippen LogP contribution in [0.3, 0.4) is 0 Å². The minimum Gasteiger partial charge on any atom is -0.197 e. The Labute approximate surface area is 79.0 Å². The molecule has 0 aromatic heterocycles. The number of nitriles is 1. The molecular weight excluding hydrogens is 158 g/mol. The molecule has 0 aliphatic rings. The maximum Gasteiger partial charge on any atom is 0.0766 e. The predicted molar refractivity (Wildman–Crippen MR) is 53.0 cm³/mol. The van der Waals surface area contributed by atoms with Crippen LogP contribution < -0.4 is 0 Å². The molecule has 1 heteroatoms. The summed E-state index contributed by atoms with van der Waals surface area (Å²) in [5, 5.41) is 8.91. The van der Waals surface area contributed by atoms with Crippen molar-refractivity contribution in [1.82, 2.24) is 0 Å². The smallest absolute Gasteiger partial charge is 0.0766 e. The van der Waals surface area contributed by atoms with E-state index in [4.69, 9.17) is 11.7 Å². The molecule has 0 aliphatic carbocycles. The molecule has 1 aromatic rings. The van der Waals surface area contributed by atoms with Crippen LogP contribution >= 0.6 is 0 Å². The molecule has 1 nitrogen and oxygen atoms in total. The number of benzene rings is 1. The average molecular weight is 169 g/mol. The first-order chi connectivity index (χ1) is 6.10. The summed E-state index contributed by atoms with van der Waals surface area (Å²) < 4.78 is 0. The van der Waals surface area contributed by atoms with Gasteiger partial charge in [-0.2, -0.15) is 5.26 Å². The molecule has 1 rings (SSSR count). The van der Waals surface area contributed by atoms with Gasteiger partial charge in [-0.3, -0.25) is 0 Å². The molecule has 0 N–H and O–H groups in total. The van der Waals surface area contributed by atoms with Crippen LogP contribution in [0.15, 0.2) is 24.3 Å². The molecule has 0 saturated heterocycles. The lowest BCUT2D eigenvalue weighted by Crippen LogP contribution is -2.13. The van der Waals surface area contributed by atoms with Gasteiger partial charge in [-0.15, -0.1) is 6.42 Å². The van der Waals surface area contributed by atoms with Crippen LogP contribution in [0.5, 0.6) is 0 Å². The Morgan fingerprint density at radius 2 is 2.08 bits per heavy atom. The van der Waals surface area contributed by atoms with Crippen molar-refractivity contribution in [2.45, 2.75) is 19.3 Å². The zero-order chi connectivity index (χ0) is 9.90. The molecule has 1 aromatic carbocycles. The maximum absolute atomic E-state index is 8.91. The van der Waals surface area contributed by atoms with Gasteiger partial charge >= 0.3 is 0 Å². The van der Waals surface area contributed by atoms with Crippen LogP contribution in [-0.2, 0) is 5.41 Å². The molecule has 0 unspecified atom stereocenters. The second-order valence-electron chi connectivity index (χ2n) is 3.46. The van der Waals surface area contributed by atoms with Gasteiger partial charge < -0.3 is 0 Å². The van der Waals surface area contributed by atoms with Crippen LogP contribution in [0.4, 0.5) is 0 Å². The van der Waals surface area contributed by atoms with Crippen LogP contribution in [-0.4, -0.2) is 0 Å². The van der Waals surface area contributed by atoms with Gasteiger partial charge in [-0.25, -0.2) is 0 Å². The minimum absolute atomic E-state index is 0.465. The van der Waals surface area contributed by atoms with Gasteiger partial charge in [0.1, 0.15) is 0 Å². The van der Waals surface area contributed by atoms with E-state index in [1.165, 1.54) is 0 Å². The predicted octanol–water partition coefficient (Wildman–Crippen LogP) is 2.47. The monoisotopic (exact) mass is 169 g/mol. The van der Waals surface area contributed by atoms with E-state index in [-0.39, 0.29) is 0 Å². The number of hydrogen-bond acceptors (Lipinski definition) is 1. The van der Waals surface area contributed by atoms with Crippen LogP contribution in [0, 0.1) is 23.7 Å². The summed E-state index contributed by atoms with van der Waals surface area (Å²) in [6, 6.07) is 9.78. The summed E-state index contributed by atoms with van der Waals surface area (Å²) in [5.74, 6) is 2.55. The molecule has 0 heterocycles. The number of nitrogens with zero attached hydrogens (tertiary/aromatic N) is 1. The van der Waals surface area contributed by atoms with Crippen LogP contribution in [0.1, 0.15) is 25.0 Å². The van der Waals surface area contributed by atoms with Gasteiger partial charge in [0, 0.05) is 5.56 Å². The highest BCUT2D eigenvalue weighted by atomic mass is 14.3. The number of rotatable bonds is 1. The van der Waals surface area contributed by atoms with E-state index < -0.39 is 5.41 Å². The third-order valence-corrected chi connectivity index (χ3v) is 2.03. The molecule has 13 heavy (non-hydrogen) atoms. The summed E-state index contributed by atoms with van der Waals surface area (Å²) in [6.45, 7) is 3.76. The first-order valence-electron chi connectivity index (χ1n) is 4.08. The Kier molecular flexibility index (Phi) is 2.40. The fourth-order valence-corrected chi connectivity index (χ4v) is 1.06. The zero-order valence-electron chi connectivity index (χ0n) is 7.83. The average Bonchev–Trinajstić information content (AvgIpc) is 2.18. The lowest BCUT2D eigenvalue weighted by atomic mass is 9.86. The SMILES string of the molecule is C#Cc1cccc(C(C)(C)C#N)c1. The van der Waals surface area contributed by atoms with Gasteiger partial charge in [-0.1, -0.05) is 18.1 Å². The summed E-state index contributed by atoms with van der Waals surface area (Å²) in [7, 11) is 0. The van der Waals surface area contributed by atoms with E-state index in [0.29, 0.717) is 0 Å². The maximum atomic E-state index is 8.91. The van der Waals surface area contributed by atoms with E-state index in [9.17, 15) is 0 Å². The van der Waals surface area contributed by atoms with Gasteiger partial charge in [-0.05, 0) is 31.5 Å². The van der Waals surface area contributed by atoms with E-state index in [1.807, 2.05) is 38.1 Å². The third-order valence-electron chi connectivity index (χ3n) is 2.03. The van der Waals surface area contributed by atoms with E-state index in [1.54, 1.807) is 0 Å². The van der Waals surface area contributed by atoms with Crippen LogP contribution in [0.25, 0.3) is 0 Å². The van der Waals surface area contributed by atoms with Gasteiger partial charge in [0.2, 0.25) is 0 Å². The number of terminal acetylenes is 1. The standard InChI is InChI=1S/C12H11N/c1-4-10-6-5-7-11(8-10)12(2,3)9-13/h1,5-8H,2-3H3. The van der Waals surface area contributed by atoms with Crippen molar-refractivity contribution in [2.75, 3.05) is 0 Å². The summed E-state index contributed by atoms with van der Waals surface area (Å²) in [5.41, 5.74) is 1.32. The number of hydrogen-bond donors (Lipinski definition) is 0. The lowest BCUT2D eigenvalue weighted by Gasteiger charge is -2.15. The first-order valence-corrected chi connectivity index (χ1v) is 4.08. The highest BCUT2D eigenvalue weighted by Crippen LogP contribution is 2.22. The molecular formula is C12H11N. The lowest BCUT2D eigenvalue weighted by molar-refractivity contribution is 0.686. The van der Waals surface area contributed by atoms with E-state index >= 15 is 0 Å². The van der Waals surface area contributed by atoms with Crippen molar-refractivity contribution in [3.05, 3.63) is 35.4 Å². The van der Waals surface area contributed by atoms with Crippen molar-refractivity contribution in [2.24, 2.45) is 0 Å². The van der Waals surface area contributed by atoms with Crippen molar-refractivity contribution >= 4 is 0 Å². The molecule has 0 saturated carbocycles. The van der Waals surface area contributed by atoms with E-state index in [2.05, 4.69) is 12.0 Å². The van der Waals surface area contributed by atoms with Crippen molar-refractivity contribution in [1.29, 1.82) is 5.26 Å². The Morgan fingerprint density at radius 1 is 1.38 bits per heavy atom. The first kappa shape index (κ1) is 9.36. The van der Waals surface area contributed by atoms with E-state index in [0.717, 1.165) is 11.1 Å². The summed E-state index contributed by atoms with van der Waals surface area (Å²) in [6.07, 6.45) is 5.27. The fraction of sp³-hybridized carbons (Fsp3) is 0.250. The second-order valence-corrected chi connectivity index (χ2v) is 3.46. The fourth-order valence-electron chi connectivity index (χ4n) is 1.06. The summed E-state index contributed by atoms with van der Waals surface area (Å²) in [4.78, 5) is 0. The second kappa shape index (κ2) is 3.33. The molecule has 0 amide bonds. The van der Waals surface area contributed by atoms with Gasteiger partial charge in [0.25, 0.3) is 0 Å². The molecule has 0 radical (unpaired) electrons. The van der Waals surface area contributed by atoms with Gasteiger partial charge in [0.15, 0.2) is 0 Å². The topological polar surface area (TPSA) is 23.8 Å². The Balaban J connectivity index is 3.20. The molecule has 64 valence electrons.